The van der Waals surface area contributed by atoms with Crippen LogP contribution in [0.1, 0.15) is 11.1 Å². The second-order valence-electron chi connectivity index (χ2n) is 6.00. The molecule has 2 aromatic carbocycles. The van der Waals surface area contributed by atoms with Gasteiger partial charge in [0, 0.05) is 6.54 Å². The molecule has 0 saturated heterocycles. The molecule has 158 valence electrons. The van der Waals surface area contributed by atoms with Crippen LogP contribution in [0.4, 0.5) is 18.0 Å². The zero-order valence-corrected chi connectivity index (χ0v) is 16.1. The molecule has 2 N–H and O–H groups in total. The van der Waals surface area contributed by atoms with Crippen molar-refractivity contribution >= 4 is 6.03 Å². The van der Waals surface area contributed by atoms with Gasteiger partial charge in [-0.2, -0.15) is 13.2 Å². The summed E-state index contributed by atoms with van der Waals surface area (Å²) in [5.74, 6) is 1.33. The van der Waals surface area contributed by atoms with E-state index in [1.165, 1.54) is 12.1 Å². The molecule has 29 heavy (non-hydrogen) atoms. The molecule has 2 aromatic rings. The molecule has 0 fully saturated rings. The van der Waals surface area contributed by atoms with E-state index in [9.17, 15) is 18.0 Å². The van der Waals surface area contributed by atoms with Crippen molar-refractivity contribution in [2.75, 3.05) is 33.9 Å². The Balaban J connectivity index is 1.68. The van der Waals surface area contributed by atoms with Gasteiger partial charge in [-0.25, -0.2) is 4.79 Å². The molecule has 2 amide bonds. The molecule has 0 unspecified atom stereocenters. The fraction of sp³-hybridized carbons (Fsp3) is 0.350. The number of nitrogens with one attached hydrogen (secondary N) is 2. The summed E-state index contributed by atoms with van der Waals surface area (Å²) in [4.78, 5) is 11.8. The number of carbonyl (C=O) groups is 1. The molecular formula is C20H23F3N2O4. The fourth-order valence-corrected chi connectivity index (χ4v) is 2.51. The number of ether oxygens (including phenoxy) is 3. The molecule has 0 aromatic heterocycles. The predicted molar refractivity (Wildman–Crippen MR) is 102 cm³/mol. The van der Waals surface area contributed by atoms with Crippen LogP contribution in [-0.4, -0.2) is 39.9 Å². The number of alkyl halides is 3. The number of amides is 2. The summed E-state index contributed by atoms with van der Waals surface area (Å²) >= 11 is 0. The van der Waals surface area contributed by atoms with Crippen molar-refractivity contribution in [3.63, 3.8) is 0 Å². The highest BCUT2D eigenvalue weighted by molar-refractivity contribution is 5.73. The van der Waals surface area contributed by atoms with Gasteiger partial charge >= 0.3 is 12.2 Å². The van der Waals surface area contributed by atoms with Crippen LogP contribution < -0.4 is 24.8 Å². The molecule has 0 aliphatic rings. The quantitative estimate of drug-likeness (QED) is 0.617. The van der Waals surface area contributed by atoms with Gasteiger partial charge in [0.15, 0.2) is 11.5 Å². The predicted octanol–water partition coefficient (Wildman–Crippen LogP) is 3.64. The number of benzene rings is 2. The zero-order chi connectivity index (χ0) is 21.3. The van der Waals surface area contributed by atoms with Crippen molar-refractivity contribution in [3.8, 4) is 17.2 Å². The molecule has 0 spiro atoms. The van der Waals surface area contributed by atoms with Gasteiger partial charge in [0.2, 0.25) is 0 Å². The Labute approximate surface area is 167 Å². The number of halogens is 3. The fourth-order valence-electron chi connectivity index (χ4n) is 2.51. The van der Waals surface area contributed by atoms with E-state index in [4.69, 9.17) is 14.2 Å². The Morgan fingerprint density at radius 2 is 1.69 bits per heavy atom. The summed E-state index contributed by atoms with van der Waals surface area (Å²) in [6.45, 7) is 0.596. The van der Waals surface area contributed by atoms with E-state index in [2.05, 4.69) is 10.6 Å². The van der Waals surface area contributed by atoms with E-state index in [1.54, 1.807) is 20.3 Å². The van der Waals surface area contributed by atoms with Crippen molar-refractivity contribution in [2.24, 2.45) is 0 Å². The number of carbonyl (C=O) groups excluding carboxylic acids is 1. The molecule has 9 heteroatoms. The first kappa shape index (κ1) is 22.2. The van der Waals surface area contributed by atoms with E-state index in [0.717, 1.165) is 17.7 Å². The summed E-state index contributed by atoms with van der Waals surface area (Å²) in [6.07, 6.45) is -3.83. The lowest BCUT2D eigenvalue weighted by atomic mass is 10.1. The second kappa shape index (κ2) is 10.4. The molecule has 0 bridgehead atoms. The lowest BCUT2D eigenvalue weighted by molar-refractivity contribution is -0.137. The molecule has 0 aliphatic heterocycles. The number of urea groups is 1. The van der Waals surface area contributed by atoms with E-state index in [1.807, 2.05) is 12.1 Å². The summed E-state index contributed by atoms with van der Waals surface area (Å²) < 4.78 is 53.6. The Hall–Kier alpha value is -3.10. The minimum atomic E-state index is -4.43. The van der Waals surface area contributed by atoms with Crippen molar-refractivity contribution in [2.45, 2.75) is 12.6 Å². The van der Waals surface area contributed by atoms with Gasteiger partial charge in [-0.3, -0.25) is 0 Å². The highest BCUT2D eigenvalue weighted by atomic mass is 19.4. The average molecular weight is 412 g/mol. The first-order valence-electron chi connectivity index (χ1n) is 8.86. The number of hydrogen-bond acceptors (Lipinski definition) is 4. The molecule has 0 radical (unpaired) electrons. The highest BCUT2D eigenvalue weighted by Gasteiger charge is 2.30. The Bertz CT molecular complexity index is 813. The van der Waals surface area contributed by atoms with E-state index >= 15 is 0 Å². The molecule has 0 aliphatic carbocycles. The topological polar surface area (TPSA) is 68.8 Å². The largest absolute Gasteiger partial charge is 0.493 e. The summed E-state index contributed by atoms with van der Waals surface area (Å²) in [7, 11) is 3.11. The number of rotatable bonds is 9. The maximum atomic E-state index is 12.6. The lowest BCUT2D eigenvalue weighted by Crippen LogP contribution is -2.38. The standard InChI is InChI=1S/C20H23F3N2O4/c1-27-17-7-6-14(12-18(17)28-2)8-9-24-19(26)25-10-11-29-16-5-3-4-15(13-16)20(21,22)23/h3-7,12-13H,8-11H2,1-2H3,(H2,24,25,26). The van der Waals surface area contributed by atoms with Crippen LogP contribution in [0.3, 0.4) is 0 Å². The Kier molecular flexibility index (Phi) is 7.99. The zero-order valence-electron chi connectivity index (χ0n) is 16.1. The minimum Gasteiger partial charge on any atom is -0.493 e. The normalized spacial score (nSPS) is 10.9. The summed E-state index contributed by atoms with van der Waals surface area (Å²) in [5, 5.41) is 5.28. The molecule has 0 atom stereocenters. The van der Waals surface area contributed by atoms with Crippen LogP contribution in [0.15, 0.2) is 42.5 Å². The first-order valence-corrected chi connectivity index (χ1v) is 8.86. The Morgan fingerprint density at radius 1 is 0.966 bits per heavy atom. The molecule has 0 heterocycles. The van der Waals surface area contributed by atoms with Gasteiger partial charge in [0.05, 0.1) is 26.3 Å². The van der Waals surface area contributed by atoms with Gasteiger partial charge in [-0.05, 0) is 42.3 Å². The summed E-state index contributed by atoms with van der Waals surface area (Å²) in [5.41, 5.74) is 0.187. The van der Waals surface area contributed by atoms with Crippen LogP contribution in [0.25, 0.3) is 0 Å². The maximum absolute atomic E-state index is 12.6. The smallest absolute Gasteiger partial charge is 0.416 e. The third kappa shape index (κ3) is 7.10. The molecule has 6 nitrogen and oxygen atoms in total. The summed E-state index contributed by atoms with van der Waals surface area (Å²) in [6, 6.07) is 9.70. The monoisotopic (exact) mass is 412 g/mol. The van der Waals surface area contributed by atoms with Crippen molar-refractivity contribution in [3.05, 3.63) is 53.6 Å². The number of methoxy groups -OCH3 is 2. The number of hydrogen-bond donors (Lipinski definition) is 2. The van der Waals surface area contributed by atoms with Crippen LogP contribution in [0.5, 0.6) is 17.2 Å². The van der Waals surface area contributed by atoms with E-state index in [0.29, 0.717) is 24.5 Å². The molecule has 0 saturated carbocycles. The maximum Gasteiger partial charge on any atom is 0.416 e. The van der Waals surface area contributed by atoms with Crippen LogP contribution in [0, 0.1) is 0 Å². The van der Waals surface area contributed by atoms with Gasteiger partial charge in [0.1, 0.15) is 12.4 Å². The van der Waals surface area contributed by atoms with Gasteiger partial charge < -0.3 is 24.8 Å². The third-order valence-corrected chi connectivity index (χ3v) is 3.96. The van der Waals surface area contributed by atoms with Crippen LogP contribution >= 0.6 is 0 Å². The molecular weight excluding hydrogens is 389 g/mol. The lowest BCUT2D eigenvalue weighted by Gasteiger charge is -2.12. The van der Waals surface area contributed by atoms with Crippen LogP contribution in [0.2, 0.25) is 0 Å². The van der Waals surface area contributed by atoms with Crippen LogP contribution in [-0.2, 0) is 12.6 Å². The first-order chi connectivity index (χ1) is 13.8. The van der Waals surface area contributed by atoms with E-state index in [-0.39, 0.29) is 18.9 Å². The van der Waals surface area contributed by atoms with Crippen molar-refractivity contribution < 1.29 is 32.2 Å². The van der Waals surface area contributed by atoms with E-state index < -0.39 is 17.8 Å². The van der Waals surface area contributed by atoms with Crippen molar-refractivity contribution in [1.29, 1.82) is 0 Å². The van der Waals surface area contributed by atoms with Gasteiger partial charge in [0.25, 0.3) is 0 Å². The second-order valence-corrected chi connectivity index (χ2v) is 6.00. The minimum absolute atomic E-state index is 0.0460. The third-order valence-electron chi connectivity index (χ3n) is 3.96. The Morgan fingerprint density at radius 3 is 2.38 bits per heavy atom. The SMILES string of the molecule is COc1ccc(CCNC(=O)NCCOc2cccc(C(F)(F)F)c2)cc1OC. The molecule has 2 rings (SSSR count). The average Bonchev–Trinajstić information content (AvgIpc) is 2.70. The van der Waals surface area contributed by atoms with Gasteiger partial charge in [-0.1, -0.05) is 12.1 Å². The van der Waals surface area contributed by atoms with Gasteiger partial charge in [-0.15, -0.1) is 0 Å². The highest BCUT2D eigenvalue weighted by Crippen LogP contribution is 2.31. The van der Waals surface area contributed by atoms with Crippen molar-refractivity contribution in [1.82, 2.24) is 10.6 Å².